The Hall–Kier alpha value is -1.24. The molecule has 1 heterocycles. The molecule has 0 aromatic heterocycles. The second-order valence-electron chi connectivity index (χ2n) is 3.33. The van der Waals surface area contributed by atoms with Crippen LogP contribution in [0.3, 0.4) is 0 Å². The van der Waals surface area contributed by atoms with E-state index in [1.165, 1.54) is 11.1 Å². The predicted molar refractivity (Wildman–Crippen MR) is 49.5 cm³/mol. The lowest BCUT2D eigenvalue weighted by Gasteiger charge is -2.19. The van der Waals surface area contributed by atoms with Crippen LogP contribution in [-0.2, 0) is 6.42 Å². The summed E-state index contributed by atoms with van der Waals surface area (Å²) in [4.78, 5) is 0. The monoisotopic (exact) mass is 160 g/mol. The van der Waals surface area contributed by atoms with Crippen LogP contribution in [0.5, 0.6) is 5.75 Å². The molecule has 0 saturated carbocycles. The zero-order chi connectivity index (χ0) is 8.55. The van der Waals surface area contributed by atoms with Gasteiger partial charge in [-0.2, -0.15) is 0 Å². The molecule has 0 unspecified atom stereocenters. The molecule has 1 aromatic rings. The van der Waals surface area contributed by atoms with E-state index in [4.69, 9.17) is 4.74 Å². The minimum atomic E-state index is 0.677. The highest BCUT2D eigenvalue weighted by molar-refractivity contribution is 5.41. The van der Waals surface area contributed by atoms with Crippen molar-refractivity contribution >= 4 is 0 Å². The first-order chi connectivity index (χ1) is 5.75. The standard InChI is InChI=1S/C11H12O/c1-8-3-4-11-10(5-8)6-9(2)7-12-11/h3-5H,2,6-7H2,1H3. The lowest BCUT2D eigenvalue weighted by Crippen LogP contribution is -2.10. The van der Waals surface area contributed by atoms with Crippen LogP contribution in [0.1, 0.15) is 11.1 Å². The highest BCUT2D eigenvalue weighted by atomic mass is 16.5. The summed E-state index contributed by atoms with van der Waals surface area (Å²) in [7, 11) is 0. The molecule has 0 amide bonds. The zero-order valence-corrected chi connectivity index (χ0v) is 7.26. The Morgan fingerprint density at radius 3 is 3.08 bits per heavy atom. The molecular formula is C11H12O. The van der Waals surface area contributed by atoms with Gasteiger partial charge >= 0.3 is 0 Å². The number of hydrogen-bond donors (Lipinski definition) is 0. The summed E-state index contributed by atoms with van der Waals surface area (Å²) in [5, 5.41) is 0. The van der Waals surface area contributed by atoms with Crippen LogP contribution in [0.15, 0.2) is 30.4 Å². The van der Waals surface area contributed by atoms with Crippen molar-refractivity contribution in [2.45, 2.75) is 13.3 Å². The molecule has 2 rings (SSSR count). The van der Waals surface area contributed by atoms with Crippen molar-refractivity contribution in [1.29, 1.82) is 0 Å². The minimum absolute atomic E-state index is 0.677. The molecular weight excluding hydrogens is 148 g/mol. The van der Waals surface area contributed by atoms with E-state index in [-0.39, 0.29) is 0 Å². The maximum atomic E-state index is 5.49. The van der Waals surface area contributed by atoms with E-state index in [0.717, 1.165) is 17.7 Å². The van der Waals surface area contributed by atoms with Crippen molar-refractivity contribution in [3.05, 3.63) is 41.5 Å². The van der Waals surface area contributed by atoms with Gasteiger partial charge in [-0.15, -0.1) is 0 Å². The van der Waals surface area contributed by atoms with Crippen LogP contribution in [0.25, 0.3) is 0 Å². The highest BCUT2D eigenvalue weighted by Crippen LogP contribution is 2.26. The van der Waals surface area contributed by atoms with Crippen LogP contribution in [0.2, 0.25) is 0 Å². The van der Waals surface area contributed by atoms with Gasteiger partial charge in [0.15, 0.2) is 0 Å². The van der Waals surface area contributed by atoms with Crippen LogP contribution in [0, 0.1) is 6.92 Å². The van der Waals surface area contributed by atoms with E-state index < -0.39 is 0 Å². The van der Waals surface area contributed by atoms with Gasteiger partial charge in [-0.3, -0.25) is 0 Å². The molecule has 0 aliphatic carbocycles. The Morgan fingerprint density at radius 2 is 2.25 bits per heavy atom. The number of fused-ring (bicyclic) bond motifs is 1. The Morgan fingerprint density at radius 1 is 1.42 bits per heavy atom. The summed E-state index contributed by atoms with van der Waals surface area (Å²) in [5.41, 5.74) is 3.71. The van der Waals surface area contributed by atoms with Crippen LogP contribution in [-0.4, -0.2) is 6.61 Å². The molecule has 0 atom stereocenters. The predicted octanol–water partition coefficient (Wildman–Crippen LogP) is 2.49. The summed E-state index contributed by atoms with van der Waals surface area (Å²) in [5.74, 6) is 1.02. The largest absolute Gasteiger partial charge is 0.489 e. The van der Waals surface area contributed by atoms with Gasteiger partial charge in [0.1, 0.15) is 12.4 Å². The van der Waals surface area contributed by atoms with Gasteiger partial charge in [0, 0.05) is 6.42 Å². The van der Waals surface area contributed by atoms with E-state index in [2.05, 4.69) is 25.6 Å². The first-order valence-electron chi connectivity index (χ1n) is 4.15. The third-order valence-electron chi connectivity index (χ3n) is 2.09. The molecule has 1 heteroatoms. The van der Waals surface area contributed by atoms with E-state index in [1.807, 2.05) is 6.07 Å². The minimum Gasteiger partial charge on any atom is -0.489 e. The third-order valence-corrected chi connectivity index (χ3v) is 2.09. The Balaban J connectivity index is 2.44. The van der Waals surface area contributed by atoms with Crippen molar-refractivity contribution in [3.8, 4) is 5.75 Å². The van der Waals surface area contributed by atoms with Crippen molar-refractivity contribution in [1.82, 2.24) is 0 Å². The van der Waals surface area contributed by atoms with Crippen molar-refractivity contribution in [2.24, 2.45) is 0 Å². The van der Waals surface area contributed by atoms with Gasteiger partial charge in [0.2, 0.25) is 0 Å². The molecule has 0 bridgehead atoms. The molecule has 1 aliphatic rings. The highest BCUT2D eigenvalue weighted by Gasteiger charge is 2.11. The second-order valence-corrected chi connectivity index (χ2v) is 3.33. The van der Waals surface area contributed by atoms with Crippen molar-refractivity contribution in [3.63, 3.8) is 0 Å². The molecule has 1 nitrogen and oxygen atoms in total. The fourth-order valence-electron chi connectivity index (χ4n) is 1.49. The maximum absolute atomic E-state index is 5.49. The molecule has 0 radical (unpaired) electrons. The van der Waals surface area contributed by atoms with Gasteiger partial charge in [-0.1, -0.05) is 24.3 Å². The fourth-order valence-corrected chi connectivity index (χ4v) is 1.49. The first kappa shape index (κ1) is 7.41. The molecule has 1 aromatic carbocycles. The lowest BCUT2D eigenvalue weighted by atomic mass is 10.0. The normalized spacial score (nSPS) is 15.2. The van der Waals surface area contributed by atoms with Gasteiger partial charge < -0.3 is 4.74 Å². The summed E-state index contributed by atoms with van der Waals surface area (Å²) >= 11 is 0. The summed E-state index contributed by atoms with van der Waals surface area (Å²) in [6, 6.07) is 6.28. The van der Waals surface area contributed by atoms with E-state index in [1.54, 1.807) is 0 Å². The molecule has 12 heavy (non-hydrogen) atoms. The second kappa shape index (κ2) is 2.67. The SMILES string of the molecule is C=C1COc2ccc(C)cc2C1. The van der Waals surface area contributed by atoms with Gasteiger partial charge in [0.25, 0.3) is 0 Å². The molecule has 0 N–H and O–H groups in total. The average Bonchev–Trinajstić information content (AvgIpc) is 2.03. The van der Waals surface area contributed by atoms with Gasteiger partial charge in [-0.05, 0) is 24.1 Å². The first-order valence-corrected chi connectivity index (χ1v) is 4.15. The molecule has 0 spiro atoms. The number of hydrogen-bond acceptors (Lipinski definition) is 1. The number of ether oxygens (including phenoxy) is 1. The van der Waals surface area contributed by atoms with Crippen LogP contribution >= 0.6 is 0 Å². The lowest BCUT2D eigenvalue weighted by molar-refractivity contribution is 0.332. The van der Waals surface area contributed by atoms with Crippen molar-refractivity contribution < 1.29 is 4.74 Å². The summed E-state index contributed by atoms with van der Waals surface area (Å²) in [6.07, 6.45) is 0.969. The maximum Gasteiger partial charge on any atom is 0.123 e. The quantitative estimate of drug-likeness (QED) is 0.530. The van der Waals surface area contributed by atoms with E-state index in [0.29, 0.717) is 6.61 Å². The molecule has 1 aliphatic heterocycles. The fraction of sp³-hybridized carbons (Fsp3) is 0.273. The topological polar surface area (TPSA) is 9.23 Å². The average molecular weight is 160 g/mol. The molecule has 0 fully saturated rings. The van der Waals surface area contributed by atoms with Crippen LogP contribution in [0.4, 0.5) is 0 Å². The zero-order valence-electron chi connectivity index (χ0n) is 7.26. The summed E-state index contributed by atoms with van der Waals surface area (Å²) in [6.45, 7) is 6.69. The van der Waals surface area contributed by atoms with Gasteiger partial charge in [-0.25, -0.2) is 0 Å². The smallest absolute Gasteiger partial charge is 0.123 e. The molecule has 62 valence electrons. The number of benzene rings is 1. The van der Waals surface area contributed by atoms with E-state index in [9.17, 15) is 0 Å². The Kier molecular flexibility index (Phi) is 1.65. The number of aryl methyl sites for hydroxylation is 1. The van der Waals surface area contributed by atoms with Gasteiger partial charge in [0.05, 0.1) is 0 Å². The molecule has 0 saturated heterocycles. The Labute approximate surface area is 72.7 Å². The van der Waals surface area contributed by atoms with E-state index >= 15 is 0 Å². The van der Waals surface area contributed by atoms with Crippen molar-refractivity contribution in [2.75, 3.05) is 6.61 Å². The number of rotatable bonds is 0. The van der Waals surface area contributed by atoms with Crippen LogP contribution < -0.4 is 4.74 Å². The Bertz CT molecular complexity index is 326. The summed E-state index contributed by atoms with van der Waals surface area (Å²) < 4.78 is 5.49. The third kappa shape index (κ3) is 1.22.